The van der Waals surface area contributed by atoms with E-state index >= 15 is 0 Å². The van der Waals surface area contributed by atoms with Gasteiger partial charge in [-0.2, -0.15) is 4.98 Å². The van der Waals surface area contributed by atoms with Crippen molar-refractivity contribution in [1.82, 2.24) is 14.9 Å². The van der Waals surface area contributed by atoms with Crippen molar-refractivity contribution in [1.29, 1.82) is 0 Å². The van der Waals surface area contributed by atoms with Crippen LogP contribution in [0.25, 0.3) is 0 Å². The predicted octanol–water partition coefficient (Wildman–Crippen LogP) is 3.65. The lowest BCUT2D eigenvalue weighted by molar-refractivity contribution is 0.0753. The molecule has 22 heavy (non-hydrogen) atoms. The predicted molar refractivity (Wildman–Crippen MR) is 81.6 cm³/mol. The number of benzene rings is 1. The molecule has 2 aliphatic rings. The maximum atomic E-state index is 12.6. The molecule has 4 rings (SSSR count). The number of carbonyl (C=O) groups excluding carboxylic acids is 1. The van der Waals surface area contributed by atoms with Crippen LogP contribution in [-0.2, 0) is 5.54 Å². The third-order valence-electron chi connectivity index (χ3n) is 4.30. The van der Waals surface area contributed by atoms with Gasteiger partial charge in [0.1, 0.15) is 10.8 Å². The minimum absolute atomic E-state index is 0.0362. The van der Waals surface area contributed by atoms with E-state index in [-0.39, 0.29) is 27.6 Å². The molecule has 1 aliphatic carbocycles. The van der Waals surface area contributed by atoms with Crippen LogP contribution >= 0.6 is 23.2 Å². The molecule has 1 amide bonds. The Balaban J connectivity index is 1.81. The van der Waals surface area contributed by atoms with E-state index in [1.807, 2.05) is 19.2 Å². The lowest BCUT2D eigenvalue weighted by atomic mass is 10.0. The quantitative estimate of drug-likeness (QED) is 0.786. The van der Waals surface area contributed by atoms with Crippen molar-refractivity contribution in [2.75, 3.05) is 7.05 Å². The molecule has 0 N–H and O–H groups in total. The molecule has 0 bridgehead atoms. The van der Waals surface area contributed by atoms with Crippen LogP contribution in [0.5, 0.6) is 11.6 Å². The summed E-state index contributed by atoms with van der Waals surface area (Å²) in [6.45, 7) is 0. The van der Waals surface area contributed by atoms with Gasteiger partial charge in [0, 0.05) is 7.05 Å². The van der Waals surface area contributed by atoms with Crippen molar-refractivity contribution in [3.05, 3.63) is 45.8 Å². The van der Waals surface area contributed by atoms with E-state index in [0.717, 1.165) is 18.4 Å². The van der Waals surface area contributed by atoms with Crippen LogP contribution in [0.2, 0.25) is 10.3 Å². The summed E-state index contributed by atoms with van der Waals surface area (Å²) in [6, 6.07) is 5.58. The van der Waals surface area contributed by atoms with Gasteiger partial charge in [-0.1, -0.05) is 23.7 Å². The van der Waals surface area contributed by atoms with E-state index in [2.05, 4.69) is 9.97 Å². The molecule has 2 aromatic rings. The number of rotatable bonds is 2. The summed E-state index contributed by atoms with van der Waals surface area (Å²) in [5.74, 6) is 0.538. The van der Waals surface area contributed by atoms with Crippen LogP contribution in [0.3, 0.4) is 0 Å². The summed E-state index contributed by atoms with van der Waals surface area (Å²) in [7, 11) is 1.83. The van der Waals surface area contributed by atoms with Crippen LogP contribution < -0.4 is 4.74 Å². The molecular formula is C15H11Cl2N3O2. The molecule has 1 aromatic heterocycles. The molecule has 2 heterocycles. The van der Waals surface area contributed by atoms with Gasteiger partial charge in [0.05, 0.1) is 17.3 Å². The number of hydrogen-bond acceptors (Lipinski definition) is 4. The van der Waals surface area contributed by atoms with E-state index < -0.39 is 0 Å². The number of fused-ring (bicyclic) bond motifs is 2. The lowest BCUT2D eigenvalue weighted by Gasteiger charge is -2.18. The minimum Gasteiger partial charge on any atom is -0.437 e. The highest BCUT2D eigenvalue weighted by Gasteiger charge is 2.57. The van der Waals surface area contributed by atoms with Gasteiger partial charge in [-0.25, -0.2) is 4.98 Å². The second-order valence-corrected chi connectivity index (χ2v) is 6.21. The molecule has 0 atom stereocenters. The molecule has 1 saturated carbocycles. The molecule has 5 nitrogen and oxygen atoms in total. The smallest absolute Gasteiger partial charge is 0.258 e. The number of nitrogens with zero attached hydrogens (tertiary/aromatic N) is 3. The molecule has 0 saturated heterocycles. The van der Waals surface area contributed by atoms with Gasteiger partial charge in [-0.3, -0.25) is 4.79 Å². The van der Waals surface area contributed by atoms with Gasteiger partial charge in [0.15, 0.2) is 0 Å². The first kappa shape index (κ1) is 13.8. The standard InChI is InChI=1S/C15H11Cl2N3O2/c1-20-13(21)11-8(15(20)5-6-15)3-2-4-10(11)22-12-9(16)7-18-14(17)19-12/h2-4,7H,5-6H2,1H3. The van der Waals surface area contributed by atoms with E-state index in [1.54, 1.807) is 11.0 Å². The van der Waals surface area contributed by atoms with Crippen LogP contribution in [0.4, 0.5) is 0 Å². The maximum Gasteiger partial charge on any atom is 0.258 e. The van der Waals surface area contributed by atoms with E-state index in [1.165, 1.54) is 6.20 Å². The first-order chi connectivity index (χ1) is 10.5. The van der Waals surface area contributed by atoms with E-state index in [4.69, 9.17) is 27.9 Å². The maximum absolute atomic E-state index is 12.6. The number of ether oxygens (including phenoxy) is 1. The van der Waals surface area contributed by atoms with E-state index in [9.17, 15) is 4.79 Å². The zero-order valence-corrected chi connectivity index (χ0v) is 13.1. The van der Waals surface area contributed by atoms with Crippen molar-refractivity contribution < 1.29 is 9.53 Å². The number of aromatic nitrogens is 2. The monoisotopic (exact) mass is 335 g/mol. The first-order valence-corrected chi connectivity index (χ1v) is 7.56. The molecule has 0 unspecified atom stereocenters. The molecule has 112 valence electrons. The van der Waals surface area contributed by atoms with Crippen LogP contribution in [0.1, 0.15) is 28.8 Å². The SMILES string of the molecule is CN1C(=O)c2c(Oc3nc(Cl)ncc3Cl)cccc2C12CC2. The molecule has 0 radical (unpaired) electrons. The van der Waals surface area contributed by atoms with E-state index in [0.29, 0.717) is 11.3 Å². The minimum atomic E-state index is -0.154. The summed E-state index contributed by atoms with van der Waals surface area (Å²) in [5, 5.41) is 0.274. The van der Waals surface area contributed by atoms with Crippen LogP contribution in [-0.4, -0.2) is 27.8 Å². The highest BCUT2D eigenvalue weighted by Crippen LogP contribution is 2.57. The van der Waals surface area contributed by atoms with Gasteiger partial charge in [-0.15, -0.1) is 0 Å². The Labute approximate surface area is 136 Å². The second kappa shape index (κ2) is 4.57. The second-order valence-electron chi connectivity index (χ2n) is 5.47. The van der Waals surface area contributed by atoms with Gasteiger partial charge < -0.3 is 9.64 Å². The Morgan fingerprint density at radius 3 is 2.82 bits per heavy atom. The first-order valence-electron chi connectivity index (χ1n) is 6.80. The number of carbonyl (C=O) groups is 1. The molecule has 1 aliphatic heterocycles. The molecule has 1 aromatic carbocycles. The Morgan fingerprint density at radius 1 is 1.32 bits per heavy atom. The van der Waals surface area contributed by atoms with Crippen LogP contribution in [0, 0.1) is 0 Å². The Hall–Kier alpha value is -1.85. The highest BCUT2D eigenvalue weighted by molar-refractivity contribution is 6.32. The summed E-state index contributed by atoms with van der Waals surface area (Å²) in [4.78, 5) is 22.1. The normalized spacial score (nSPS) is 17.8. The fraction of sp³-hybridized carbons (Fsp3) is 0.267. The summed E-state index contributed by atoms with van der Waals surface area (Å²) in [6.07, 6.45) is 3.32. The topological polar surface area (TPSA) is 55.3 Å². The zero-order valence-electron chi connectivity index (χ0n) is 11.6. The highest BCUT2D eigenvalue weighted by atomic mass is 35.5. The Morgan fingerprint density at radius 2 is 2.09 bits per heavy atom. The van der Waals surface area contributed by atoms with Crippen LogP contribution in [0.15, 0.2) is 24.4 Å². The van der Waals surface area contributed by atoms with Gasteiger partial charge in [-0.05, 0) is 36.1 Å². The molecule has 1 spiro atoms. The average Bonchev–Trinajstić information content (AvgIpc) is 3.27. The van der Waals surface area contributed by atoms with Crippen molar-refractivity contribution >= 4 is 29.1 Å². The third kappa shape index (κ3) is 1.82. The molecule has 1 fully saturated rings. The summed E-state index contributed by atoms with van der Waals surface area (Å²) < 4.78 is 5.76. The van der Waals surface area contributed by atoms with Gasteiger partial charge in [0.2, 0.25) is 11.2 Å². The van der Waals surface area contributed by atoms with Crippen molar-refractivity contribution in [2.24, 2.45) is 0 Å². The fourth-order valence-corrected chi connectivity index (χ4v) is 3.25. The van der Waals surface area contributed by atoms with Crippen molar-refractivity contribution in [3.63, 3.8) is 0 Å². The van der Waals surface area contributed by atoms with Crippen molar-refractivity contribution in [2.45, 2.75) is 18.4 Å². The van der Waals surface area contributed by atoms with Crippen molar-refractivity contribution in [3.8, 4) is 11.6 Å². The largest absolute Gasteiger partial charge is 0.437 e. The average molecular weight is 336 g/mol. The zero-order chi connectivity index (χ0) is 15.5. The number of halogens is 2. The molecule has 7 heteroatoms. The fourth-order valence-electron chi connectivity index (χ4n) is 3.00. The van der Waals surface area contributed by atoms with Gasteiger partial charge in [0.25, 0.3) is 5.91 Å². The summed E-state index contributed by atoms with van der Waals surface area (Å²) >= 11 is 11.8. The number of amides is 1. The number of hydrogen-bond donors (Lipinski definition) is 0. The Bertz CT molecular complexity index is 805. The van der Waals surface area contributed by atoms with Gasteiger partial charge >= 0.3 is 0 Å². The lowest BCUT2D eigenvalue weighted by Crippen LogP contribution is -2.28. The third-order valence-corrected chi connectivity index (χ3v) is 4.74. The Kier molecular flexibility index (Phi) is 2.86. The summed E-state index contributed by atoms with van der Waals surface area (Å²) in [5.41, 5.74) is 1.43. The molecular weight excluding hydrogens is 325 g/mol.